The standard InChI is InChI=1S/C16H14N2O2/c1-19-15-7-12(8-16(9-15)20-2)6-14(10-17)13-4-3-5-18-11-13/h3-9,11H,1-2H3. The first-order valence-corrected chi connectivity index (χ1v) is 6.02. The van der Waals surface area contributed by atoms with E-state index < -0.39 is 0 Å². The van der Waals surface area contributed by atoms with Crippen molar-refractivity contribution in [2.45, 2.75) is 0 Å². The molecule has 0 saturated heterocycles. The predicted octanol–water partition coefficient (Wildman–Crippen LogP) is 3.16. The summed E-state index contributed by atoms with van der Waals surface area (Å²) in [6.07, 6.45) is 5.11. The Balaban J connectivity index is 2.45. The Labute approximate surface area is 117 Å². The van der Waals surface area contributed by atoms with Crippen molar-refractivity contribution in [1.29, 1.82) is 5.26 Å². The molecule has 0 aliphatic carbocycles. The molecular weight excluding hydrogens is 252 g/mol. The quantitative estimate of drug-likeness (QED) is 0.798. The number of ether oxygens (including phenoxy) is 2. The smallest absolute Gasteiger partial charge is 0.123 e. The lowest BCUT2D eigenvalue weighted by atomic mass is 10.1. The molecule has 0 aliphatic heterocycles. The van der Waals surface area contributed by atoms with Crippen molar-refractivity contribution in [3.8, 4) is 17.6 Å². The number of allylic oxidation sites excluding steroid dienone is 1. The maximum atomic E-state index is 9.29. The van der Waals surface area contributed by atoms with Gasteiger partial charge in [0.1, 0.15) is 11.5 Å². The topological polar surface area (TPSA) is 55.1 Å². The van der Waals surface area contributed by atoms with Crippen molar-refractivity contribution in [2.24, 2.45) is 0 Å². The molecule has 0 atom stereocenters. The average Bonchev–Trinajstić information content (AvgIpc) is 2.53. The molecule has 0 aliphatic rings. The van der Waals surface area contributed by atoms with Crippen LogP contribution in [0, 0.1) is 11.3 Å². The minimum atomic E-state index is 0.536. The Kier molecular flexibility index (Phi) is 4.35. The van der Waals surface area contributed by atoms with Gasteiger partial charge < -0.3 is 9.47 Å². The molecule has 1 aromatic carbocycles. The summed E-state index contributed by atoms with van der Waals surface area (Å²) < 4.78 is 10.4. The first-order valence-electron chi connectivity index (χ1n) is 6.02. The summed E-state index contributed by atoms with van der Waals surface area (Å²) in [6.45, 7) is 0. The molecule has 0 fully saturated rings. The number of hydrogen-bond acceptors (Lipinski definition) is 4. The van der Waals surface area contributed by atoms with Crippen molar-refractivity contribution >= 4 is 11.6 Å². The number of aromatic nitrogens is 1. The van der Waals surface area contributed by atoms with E-state index in [4.69, 9.17) is 9.47 Å². The number of nitrogens with zero attached hydrogens (tertiary/aromatic N) is 2. The number of nitriles is 1. The molecule has 20 heavy (non-hydrogen) atoms. The minimum absolute atomic E-state index is 0.536. The molecule has 100 valence electrons. The van der Waals surface area contributed by atoms with E-state index in [0.29, 0.717) is 17.1 Å². The molecule has 2 rings (SSSR count). The molecule has 0 amide bonds. The molecule has 0 N–H and O–H groups in total. The van der Waals surface area contributed by atoms with Crippen molar-refractivity contribution in [1.82, 2.24) is 4.98 Å². The maximum Gasteiger partial charge on any atom is 0.123 e. The fraction of sp³-hybridized carbons (Fsp3) is 0.125. The fourth-order valence-electron chi connectivity index (χ4n) is 1.78. The van der Waals surface area contributed by atoms with E-state index in [-0.39, 0.29) is 0 Å². The number of rotatable bonds is 4. The monoisotopic (exact) mass is 266 g/mol. The van der Waals surface area contributed by atoms with Crippen LogP contribution in [0.5, 0.6) is 11.5 Å². The summed E-state index contributed by atoms with van der Waals surface area (Å²) in [6, 6.07) is 11.3. The summed E-state index contributed by atoms with van der Waals surface area (Å²) in [7, 11) is 3.18. The highest BCUT2D eigenvalue weighted by Crippen LogP contribution is 2.25. The van der Waals surface area contributed by atoms with Gasteiger partial charge in [0.05, 0.1) is 25.9 Å². The van der Waals surface area contributed by atoms with Crippen molar-refractivity contribution in [3.05, 3.63) is 53.9 Å². The van der Waals surface area contributed by atoms with Gasteiger partial charge in [-0.15, -0.1) is 0 Å². The second-order valence-electron chi connectivity index (χ2n) is 4.06. The zero-order chi connectivity index (χ0) is 14.4. The highest BCUT2D eigenvalue weighted by molar-refractivity contribution is 5.89. The van der Waals surface area contributed by atoms with Gasteiger partial charge in [-0.3, -0.25) is 4.98 Å². The Morgan fingerprint density at radius 1 is 1.20 bits per heavy atom. The van der Waals surface area contributed by atoms with Crippen LogP contribution in [0.3, 0.4) is 0 Å². The second-order valence-corrected chi connectivity index (χ2v) is 4.06. The number of benzene rings is 1. The van der Waals surface area contributed by atoms with Gasteiger partial charge in [0.25, 0.3) is 0 Å². The highest BCUT2D eigenvalue weighted by Gasteiger charge is 2.04. The van der Waals surface area contributed by atoms with Crippen LogP contribution in [0.15, 0.2) is 42.7 Å². The summed E-state index contributed by atoms with van der Waals surface area (Å²) in [5.74, 6) is 1.36. The van der Waals surface area contributed by atoms with E-state index in [0.717, 1.165) is 11.1 Å². The van der Waals surface area contributed by atoms with Crippen LogP contribution in [-0.4, -0.2) is 19.2 Å². The van der Waals surface area contributed by atoms with Crippen LogP contribution in [-0.2, 0) is 0 Å². The van der Waals surface area contributed by atoms with Crippen LogP contribution in [0.25, 0.3) is 11.6 Å². The molecule has 1 heterocycles. The van der Waals surface area contributed by atoms with Gasteiger partial charge in [-0.2, -0.15) is 5.26 Å². The third-order valence-electron chi connectivity index (χ3n) is 2.78. The maximum absolute atomic E-state index is 9.29. The SMILES string of the molecule is COc1cc(C=C(C#N)c2cccnc2)cc(OC)c1. The van der Waals surface area contributed by atoms with Gasteiger partial charge in [-0.25, -0.2) is 0 Å². The molecule has 0 spiro atoms. The van der Waals surface area contributed by atoms with E-state index >= 15 is 0 Å². The Hall–Kier alpha value is -2.80. The molecule has 2 aromatic rings. The van der Waals surface area contributed by atoms with E-state index in [1.165, 1.54) is 0 Å². The fourth-order valence-corrected chi connectivity index (χ4v) is 1.78. The van der Waals surface area contributed by atoms with Crippen molar-refractivity contribution in [3.63, 3.8) is 0 Å². The molecule has 4 nitrogen and oxygen atoms in total. The van der Waals surface area contributed by atoms with E-state index in [1.54, 1.807) is 44.8 Å². The largest absolute Gasteiger partial charge is 0.497 e. The summed E-state index contributed by atoms with van der Waals surface area (Å²) in [5.41, 5.74) is 2.15. The molecule has 1 aromatic heterocycles. The van der Waals surface area contributed by atoms with Gasteiger partial charge in [-0.05, 0) is 29.8 Å². The lowest BCUT2D eigenvalue weighted by Crippen LogP contribution is -1.89. The zero-order valence-electron chi connectivity index (χ0n) is 11.3. The predicted molar refractivity (Wildman–Crippen MR) is 77.3 cm³/mol. The van der Waals surface area contributed by atoms with Crippen molar-refractivity contribution in [2.75, 3.05) is 14.2 Å². The number of hydrogen-bond donors (Lipinski definition) is 0. The number of pyridine rings is 1. The van der Waals surface area contributed by atoms with Gasteiger partial charge in [0, 0.05) is 24.0 Å². The van der Waals surface area contributed by atoms with Gasteiger partial charge in [0.15, 0.2) is 0 Å². The van der Waals surface area contributed by atoms with Gasteiger partial charge >= 0.3 is 0 Å². The van der Waals surface area contributed by atoms with Crippen LogP contribution in [0.1, 0.15) is 11.1 Å². The summed E-state index contributed by atoms with van der Waals surface area (Å²) in [5, 5.41) is 9.29. The van der Waals surface area contributed by atoms with Crippen molar-refractivity contribution < 1.29 is 9.47 Å². The van der Waals surface area contributed by atoms with Crippen LogP contribution in [0.4, 0.5) is 0 Å². The van der Waals surface area contributed by atoms with Crippen LogP contribution >= 0.6 is 0 Å². The van der Waals surface area contributed by atoms with E-state index in [9.17, 15) is 5.26 Å². The third-order valence-corrected chi connectivity index (χ3v) is 2.78. The Bertz CT molecular complexity index is 636. The zero-order valence-corrected chi connectivity index (χ0v) is 11.3. The normalized spacial score (nSPS) is 10.8. The second kappa shape index (κ2) is 6.39. The Morgan fingerprint density at radius 3 is 2.40 bits per heavy atom. The average molecular weight is 266 g/mol. The highest BCUT2D eigenvalue weighted by atomic mass is 16.5. The summed E-state index contributed by atoms with van der Waals surface area (Å²) in [4.78, 5) is 4.02. The first kappa shape index (κ1) is 13.6. The van der Waals surface area contributed by atoms with E-state index in [1.807, 2.05) is 18.2 Å². The third kappa shape index (κ3) is 3.15. The van der Waals surface area contributed by atoms with E-state index in [2.05, 4.69) is 11.1 Å². The lowest BCUT2D eigenvalue weighted by molar-refractivity contribution is 0.394. The molecular formula is C16H14N2O2. The first-order chi connectivity index (χ1) is 9.76. The van der Waals surface area contributed by atoms with Crippen LogP contribution in [0.2, 0.25) is 0 Å². The molecule has 4 heteroatoms. The Morgan fingerprint density at radius 2 is 1.90 bits per heavy atom. The molecule has 0 saturated carbocycles. The molecule has 0 unspecified atom stereocenters. The van der Waals surface area contributed by atoms with Gasteiger partial charge in [-0.1, -0.05) is 6.07 Å². The lowest BCUT2D eigenvalue weighted by Gasteiger charge is -2.06. The molecule has 0 bridgehead atoms. The molecule has 0 radical (unpaired) electrons. The van der Waals surface area contributed by atoms with Crippen LogP contribution < -0.4 is 9.47 Å². The number of methoxy groups -OCH3 is 2. The summed E-state index contributed by atoms with van der Waals surface area (Å²) >= 11 is 0. The van der Waals surface area contributed by atoms with Gasteiger partial charge in [0.2, 0.25) is 0 Å². The minimum Gasteiger partial charge on any atom is -0.497 e.